The molecule has 1 aromatic carbocycles. The molecule has 0 saturated heterocycles. The predicted octanol–water partition coefficient (Wildman–Crippen LogP) is 3.73. The van der Waals surface area contributed by atoms with E-state index in [1.54, 1.807) is 4.68 Å². The summed E-state index contributed by atoms with van der Waals surface area (Å²) < 4.78 is 1.78. The molecule has 136 valence electrons. The molecule has 0 fully saturated rings. The third kappa shape index (κ3) is 4.35. The number of rotatable bonds is 7. The van der Waals surface area contributed by atoms with E-state index >= 15 is 0 Å². The number of anilines is 1. The lowest BCUT2D eigenvalue weighted by molar-refractivity contribution is -0.119. The van der Waals surface area contributed by atoms with E-state index in [0.29, 0.717) is 11.6 Å². The van der Waals surface area contributed by atoms with Gasteiger partial charge in [-0.05, 0) is 38.3 Å². The van der Waals surface area contributed by atoms with Crippen LogP contribution in [0.25, 0.3) is 0 Å². The van der Waals surface area contributed by atoms with Gasteiger partial charge in [-0.3, -0.25) is 14.8 Å². The van der Waals surface area contributed by atoms with Crippen LogP contribution < -0.4 is 5.32 Å². The first-order chi connectivity index (χ1) is 12.6. The molecular formula is C19H23N5OS. The minimum absolute atomic E-state index is 0.107. The molecule has 7 heteroatoms. The highest BCUT2D eigenvalue weighted by Crippen LogP contribution is 2.21. The fraction of sp³-hybridized carbons (Fsp3) is 0.368. The van der Waals surface area contributed by atoms with E-state index in [1.807, 2.05) is 45.0 Å². The third-order valence-corrected chi connectivity index (χ3v) is 5.09. The molecule has 2 aromatic heterocycles. The normalized spacial score (nSPS) is 12.1. The van der Waals surface area contributed by atoms with Gasteiger partial charge < -0.3 is 0 Å². The van der Waals surface area contributed by atoms with Crippen molar-refractivity contribution in [2.24, 2.45) is 0 Å². The number of aromatic nitrogens is 4. The van der Waals surface area contributed by atoms with Crippen LogP contribution in [0.4, 0.5) is 5.13 Å². The average molecular weight is 369 g/mol. The maximum Gasteiger partial charge on any atom is 0.251 e. The van der Waals surface area contributed by atoms with Gasteiger partial charge in [0.15, 0.2) is 0 Å². The lowest BCUT2D eigenvalue weighted by atomic mass is 10.1. The molecule has 0 unspecified atom stereocenters. The van der Waals surface area contributed by atoms with Gasteiger partial charge in [0.2, 0.25) is 5.13 Å². The summed E-state index contributed by atoms with van der Waals surface area (Å²) in [6.07, 6.45) is 2.38. The van der Waals surface area contributed by atoms with Crippen LogP contribution in [-0.2, 0) is 17.6 Å². The molecule has 6 nitrogen and oxygen atoms in total. The molecule has 1 atom stereocenters. The molecule has 0 aliphatic carbocycles. The van der Waals surface area contributed by atoms with Crippen LogP contribution in [0.5, 0.6) is 0 Å². The maximum atomic E-state index is 12.7. The van der Waals surface area contributed by atoms with Crippen molar-refractivity contribution in [1.82, 2.24) is 20.0 Å². The highest BCUT2D eigenvalue weighted by Gasteiger charge is 2.22. The summed E-state index contributed by atoms with van der Waals surface area (Å²) in [5.74, 6) is -0.107. The number of benzene rings is 1. The lowest BCUT2D eigenvalue weighted by Gasteiger charge is -2.16. The Bertz CT molecular complexity index is 871. The van der Waals surface area contributed by atoms with Crippen LogP contribution in [0, 0.1) is 13.8 Å². The van der Waals surface area contributed by atoms with Gasteiger partial charge in [-0.15, -0.1) is 10.2 Å². The van der Waals surface area contributed by atoms with Crippen molar-refractivity contribution in [3.05, 3.63) is 58.4 Å². The Morgan fingerprint density at radius 3 is 2.62 bits per heavy atom. The van der Waals surface area contributed by atoms with Crippen LogP contribution in [0.15, 0.2) is 36.4 Å². The fourth-order valence-corrected chi connectivity index (χ4v) is 3.66. The molecule has 3 aromatic rings. The van der Waals surface area contributed by atoms with Crippen molar-refractivity contribution in [2.45, 2.75) is 46.1 Å². The highest BCUT2D eigenvalue weighted by atomic mass is 32.1. The number of hydrogen-bond donors (Lipinski definition) is 1. The molecule has 0 aliphatic rings. The van der Waals surface area contributed by atoms with Gasteiger partial charge in [-0.25, -0.2) is 0 Å². The number of nitrogens with one attached hydrogen (secondary N) is 1. The van der Waals surface area contributed by atoms with Gasteiger partial charge >= 0.3 is 0 Å². The second-order valence-electron chi connectivity index (χ2n) is 6.27. The van der Waals surface area contributed by atoms with E-state index < -0.39 is 0 Å². The summed E-state index contributed by atoms with van der Waals surface area (Å²) in [5.41, 5.74) is 3.15. The smallest absolute Gasteiger partial charge is 0.251 e. The zero-order valence-electron chi connectivity index (χ0n) is 15.3. The van der Waals surface area contributed by atoms with Crippen LogP contribution in [0.2, 0.25) is 0 Å². The largest absolute Gasteiger partial charge is 0.299 e. The van der Waals surface area contributed by atoms with Crippen molar-refractivity contribution >= 4 is 22.4 Å². The van der Waals surface area contributed by atoms with Crippen molar-refractivity contribution in [2.75, 3.05) is 5.32 Å². The Balaban J connectivity index is 1.62. The summed E-state index contributed by atoms with van der Waals surface area (Å²) >= 11 is 1.43. The Labute approximate surface area is 157 Å². The molecule has 0 radical (unpaired) electrons. The van der Waals surface area contributed by atoms with Gasteiger partial charge in [-0.1, -0.05) is 48.6 Å². The van der Waals surface area contributed by atoms with Crippen molar-refractivity contribution in [1.29, 1.82) is 0 Å². The standard InChI is InChI=1S/C19H23N5OS/c1-4-16(24-14(3)12-13(2)23-24)18(25)20-19-22-21-17(26-19)11-10-15-8-6-5-7-9-15/h5-9,12,16H,4,10-11H2,1-3H3,(H,20,22,25)/t16-/m1/s1. The minimum atomic E-state index is -0.347. The van der Waals surface area contributed by atoms with Gasteiger partial charge in [0.25, 0.3) is 5.91 Å². The topological polar surface area (TPSA) is 72.7 Å². The molecule has 0 spiro atoms. The Hall–Kier alpha value is -2.54. The number of hydrogen-bond acceptors (Lipinski definition) is 5. The number of carbonyl (C=O) groups is 1. The van der Waals surface area contributed by atoms with Crippen LogP contribution in [0.3, 0.4) is 0 Å². The monoisotopic (exact) mass is 369 g/mol. The van der Waals surface area contributed by atoms with Gasteiger partial charge in [0.05, 0.1) is 5.69 Å². The van der Waals surface area contributed by atoms with Crippen LogP contribution in [-0.4, -0.2) is 25.9 Å². The van der Waals surface area contributed by atoms with Crippen LogP contribution >= 0.6 is 11.3 Å². The second-order valence-corrected chi connectivity index (χ2v) is 7.33. The second kappa shape index (κ2) is 8.23. The first kappa shape index (κ1) is 18.3. The number of carbonyl (C=O) groups excluding carboxylic acids is 1. The molecule has 1 amide bonds. The van der Waals surface area contributed by atoms with Crippen molar-refractivity contribution in [3.63, 3.8) is 0 Å². The van der Waals surface area contributed by atoms with E-state index in [9.17, 15) is 4.79 Å². The quantitative estimate of drug-likeness (QED) is 0.689. The first-order valence-corrected chi connectivity index (χ1v) is 9.58. The molecular weight excluding hydrogens is 346 g/mol. The summed E-state index contributed by atoms with van der Waals surface area (Å²) in [7, 11) is 0. The Morgan fingerprint density at radius 2 is 1.96 bits per heavy atom. The minimum Gasteiger partial charge on any atom is -0.299 e. The predicted molar refractivity (Wildman–Crippen MR) is 103 cm³/mol. The molecule has 0 bridgehead atoms. The number of nitrogens with zero attached hydrogens (tertiary/aromatic N) is 4. The Morgan fingerprint density at radius 1 is 1.19 bits per heavy atom. The van der Waals surface area contributed by atoms with E-state index in [4.69, 9.17) is 0 Å². The Kier molecular flexibility index (Phi) is 5.78. The van der Waals surface area contributed by atoms with Gasteiger partial charge in [0.1, 0.15) is 11.0 Å². The van der Waals surface area contributed by atoms with E-state index in [-0.39, 0.29) is 11.9 Å². The molecule has 2 heterocycles. The number of amides is 1. The summed E-state index contributed by atoms with van der Waals surface area (Å²) in [6.45, 7) is 5.87. The molecule has 26 heavy (non-hydrogen) atoms. The summed E-state index contributed by atoms with van der Waals surface area (Å²) in [6, 6.07) is 11.9. The molecule has 0 aliphatic heterocycles. The molecule has 0 saturated carbocycles. The maximum absolute atomic E-state index is 12.7. The van der Waals surface area contributed by atoms with Crippen molar-refractivity contribution < 1.29 is 4.79 Å². The van der Waals surface area contributed by atoms with E-state index in [0.717, 1.165) is 29.2 Å². The first-order valence-electron chi connectivity index (χ1n) is 8.76. The summed E-state index contributed by atoms with van der Waals surface area (Å²) in [4.78, 5) is 12.7. The third-order valence-electron chi connectivity index (χ3n) is 4.20. The number of aryl methyl sites for hydroxylation is 4. The zero-order valence-corrected chi connectivity index (χ0v) is 16.1. The SMILES string of the molecule is CC[C@H](C(=O)Nc1nnc(CCc2ccccc2)s1)n1nc(C)cc1C. The van der Waals surface area contributed by atoms with Gasteiger partial charge in [-0.2, -0.15) is 5.10 Å². The highest BCUT2D eigenvalue weighted by molar-refractivity contribution is 7.15. The molecule has 1 N–H and O–H groups in total. The van der Waals surface area contributed by atoms with Crippen molar-refractivity contribution in [3.8, 4) is 0 Å². The van der Waals surface area contributed by atoms with E-state index in [2.05, 4.69) is 32.7 Å². The zero-order chi connectivity index (χ0) is 18.5. The van der Waals surface area contributed by atoms with Crippen LogP contribution in [0.1, 0.15) is 41.3 Å². The lowest BCUT2D eigenvalue weighted by Crippen LogP contribution is -2.27. The fourth-order valence-electron chi connectivity index (χ4n) is 2.92. The van der Waals surface area contributed by atoms with Gasteiger partial charge in [0, 0.05) is 12.1 Å². The van der Waals surface area contributed by atoms with E-state index in [1.165, 1.54) is 16.9 Å². The average Bonchev–Trinajstić information content (AvgIpc) is 3.21. The molecule has 3 rings (SSSR count). The summed E-state index contributed by atoms with van der Waals surface area (Å²) in [5, 5.41) is 17.1.